The van der Waals surface area contributed by atoms with Gasteiger partial charge >= 0.3 is 0 Å². The van der Waals surface area contributed by atoms with Gasteiger partial charge in [0.25, 0.3) is 0 Å². The van der Waals surface area contributed by atoms with Crippen LogP contribution in [0.25, 0.3) is 0 Å². The summed E-state index contributed by atoms with van der Waals surface area (Å²) in [4.78, 5) is 1.99. The van der Waals surface area contributed by atoms with Crippen molar-refractivity contribution in [3.05, 3.63) is 29.3 Å². The Hall–Kier alpha value is -1.13. The predicted octanol–water partition coefficient (Wildman–Crippen LogP) is 2.26. The number of anilines is 1. The Kier molecular flexibility index (Phi) is 5.38. The Morgan fingerprint density at radius 1 is 1.41 bits per heavy atom. The molecule has 0 bridgehead atoms. The summed E-state index contributed by atoms with van der Waals surface area (Å²) in [7, 11) is 3.65. The van der Waals surface area contributed by atoms with Crippen LogP contribution < -0.4 is 10.2 Å². The van der Waals surface area contributed by atoms with Gasteiger partial charge in [0.05, 0.1) is 6.61 Å². The Bertz CT molecular complexity index is 393. The maximum Gasteiger partial charge on any atom is 0.173 e. The number of hydrogen-bond acceptors (Lipinski definition) is 2. The molecule has 0 saturated carbocycles. The number of thiocarbonyl (C=S) groups is 1. The summed E-state index contributed by atoms with van der Waals surface area (Å²) >= 11 is 5.32. The van der Waals surface area contributed by atoms with Crippen molar-refractivity contribution in [3.63, 3.8) is 0 Å². The molecule has 0 aromatic heterocycles. The summed E-state index contributed by atoms with van der Waals surface area (Å²) in [6.45, 7) is 5.56. The van der Waals surface area contributed by atoms with E-state index in [-0.39, 0.29) is 0 Å². The summed E-state index contributed by atoms with van der Waals surface area (Å²) < 4.78 is 4.98. The van der Waals surface area contributed by atoms with Gasteiger partial charge in [-0.2, -0.15) is 0 Å². The van der Waals surface area contributed by atoms with Crippen molar-refractivity contribution in [2.24, 2.45) is 0 Å². The maximum atomic E-state index is 5.32. The first kappa shape index (κ1) is 13.9. The van der Waals surface area contributed by atoms with E-state index < -0.39 is 0 Å². The van der Waals surface area contributed by atoms with E-state index in [4.69, 9.17) is 17.0 Å². The lowest BCUT2D eigenvalue weighted by molar-refractivity contribution is 0.204. The van der Waals surface area contributed by atoms with Gasteiger partial charge in [-0.25, -0.2) is 0 Å². The molecule has 0 amide bonds. The molecule has 0 saturated heterocycles. The zero-order valence-electron chi connectivity index (χ0n) is 10.9. The first-order chi connectivity index (χ1) is 8.06. The van der Waals surface area contributed by atoms with Crippen molar-refractivity contribution in [1.82, 2.24) is 5.32 Å². The van der Waals surface area contributed by atoms with E-state index in [0.29, 0.717) is 11.7 Å². The van der Waals surface area contributed by atoms with Gasteiger partial charge in [-0.05, 0) is 37.7 Å². The molecule has 0 heterocycles. The molecule has 1 aromatic rings. The van der Waals surface area contributed by atoms with Crippen molar-refractivity contribution >= 4 is 23.0 Å². The van der Waals surface area contributed by atoms with Crippen LogP contribution in [0.3, 0.4) is 0 Å². The molecule has 0 unspecified atom stereocenters. The number of hydrogen-bond donors (Lipinski definition) is 1. The van der Waals surface area contributed by atoms with Gasteiger partial charge in [0.1, 0.15) is 0 Å². The van der Waals surface area contributed by atoms with Crippen LogP contribution in [0.2, 0.25) is 0 Å². The molecule has 94 valence electrons. The van der Waals surface area contributed by atoms with Crippen LogP contribution in [0, 0.1) is 13.8 Å². The van der Waals surface area contributed by atoms with Crippen molar-refractivity contribution in [3.8, 4) is 0 Å². The van der Waals surface area contributed by atoms with Gasteiger partial charge in [-0.15, -0.1) is 0 Å². The van der Waals surface area contributed by atoms with Crippen LogP contribution in [0.1, 0.15) is 11.1 Å². The van der Waals surface area contributed by atoms with E-state index in [1.54, 1.807) is 7.11 Å². The summed E-state index contributed by atoms with van der Waals surface area (Å²) in [6.07, 6.45) is 0. The highest BCUT2D eigenvalue weighted by Gasteiger charge is 2.08. The summed E-state index contributed by atoms with van der Waals surface area (Å²) in [5.74, 6) is 0. The highest BCUT2D eigenvalue weighted by atomic mass is 32.1. The third-order valence-electron chi connectivity index (χ3n) is 2.60. The number of rotatable bonds is 4. The minimum atomic E-state index is 0.654. The van der Waals surface area contributed by atoms with Crippen LogP contribution in [0.5, 0.6) is 0 Å². The zero-order valence-corrected chi connectivity index (χ0v) is 11.7. The fraction of sp³-hybridized carbons (Fsp3) is 0.462. The molecule has 1 N–H and O–H groups in total. The van der Waals surface area contributed by atoms with Crippen LogP contribution in [-0.2, 0) is 4.74 Å². The number of nitrogens with one attached hydrogen (secondary N) is 1. The van der Waals surface area contributed by atoms with E-state index in [1.165, 1.54) is 11.1 Å². The topological polar surface area (TPSA) is 24.5 Å². The summed E-state index contributed by atoms with van der Waals surface area (Å²) in [6, 6.07) is 6.34. The Labute approximate surface area is 109 Å². The van der Waals surface area contributed by atoms with Crippen LogP contribution in [0.4, 0.5) is 5.69 Å². The lowest BCUT2D eigenvalue weighted by Gasteiger charge is -2.23. The minimum absolute atomic E-state index is 0.654. The van der Waals surface area contributed by atoms with Crippen molar-refractivity contribution in [1.29, 1.82) is 0 Å². The standard InChI is InChI=1S/C13H20N2OS/c1-10-5-6-12(11(2)9-10)15(3)13(17)14-7-8-16-4/h5-6,9H,7-8H2,1-4H3,(H,14,17). The molecule has 0 fully saturated rings. The molecule has 0 aliphatic heterocycles. The molecule has 0 spiro atoms. The molecule has 0 aliphatic carbocycles. The molecule has 0 radical (unpaired) electrons. The third kappa shape index (κ3) is 3.98. The number of ether oxygens (including phenoxy) is 1. The van der Waals surface area contributed by atoms with E-state index in [2.05, 4.69) is 37.4 Å². The molecule has 0 atom stereocenters. The Morgan fingerprint density at radius 2 is 2.12 bits per heavy atom. The van der Waals surface area contributed by atoms with Gasteiger partial charge in [0, 0.05) is 26.4 Å². The largest absolute Gasteiger partial charge is 0.383 e. The molecule has 17 heavy (non-hydrogen) atoms. The van der Waals surface area contributed by atoms with Crippen molar-refractivity contribution in [2.45, 2.75) is 13.8 Å². The van der Waals surface area contributed by atoms with Gasteiger partial charge < -0.3 is 15.0 Å². The van der Waals surface area contributed by atoms with E-state index in [9.17, 15) is 0 Å². The highest BCUT2D eigenvalue weighted by Crippen LogP contribution is 2.19. The van der Waals surface area contributed by atoms with Crippen LogP contribution in [-0.4, -0.2) is 32.4 Å². The predicted molar refractivity (Wildman–Crippen MR) is 76.8 cm³/mol. The molecular formula is C13H20N2OS. The molecule has 4 heteroatoms. The van der Waals surface area contributed by atoms with Gasteiger partial charge in [0.15, 0.2) is 5.11 Å². The molecule has 0 aliphatic rings. The average molecular weight is 252 g/mol. The Balaban J connectivity index is 2.68. The summed E-state index contributed by atoms with van der Waals surface area (Å²) in [5.41, 5.74) is 3.62. The number of benzene rings is 1. The SMILES string of the molecule is COCCNC(=S)N(C)c1ccc(C)cc1C. The number of aryl methyl sites for hydroxylation is 2. The first-order valence-electron chi connectivity index (χ1n) is 5.64. The quantitative estimate of drug-likeness (QED) is 0.656. The minimum Gasteiger partial charge on any atom is -0.383 e. The maximum absolute atomic E-state index is 5.32. The van der Waals surface area contributed by atoms with Gasteiger partial charge in [-0.1, -0.05) is 17.7 Å². The fourth-order valence-electron chi connectivity index (χ4n) is 1.67. The van der Waals surface area contributed by atoms with Gasteiger partial charge in [-0.3, -0.25) is 0 Å². The summed E-state index contributed by atoms with van der Waals surface area (Å²) in [5, 5.41) is 3.87. The molecule has 1 aromatic carbocycles. The Morgan fingerprint density at radius 3 is 2.71 bits per heavy atom. The third-order valence-corrected chi connectivity index (χ3v) is 3.02. The number of methoxy groups -OCH3 is 1. The molecule has 1 rings (SSSR count). The lowest BCUT2D eigenvalue weighted by Crippen LogP contribution is -2.38. The highest BCUT2D eigenvalue weighted by molar-refractivity contribution is 7.80. The number of nitrogens with zero attached hydrogens (tertiary/aromatic N) is 1. The van der Waals surface area contributed by atoms with E-state index in [1.807, 2.05) is 11.9 Å². The average Bonchev–Trinajstić information content (AvgIpc) is 2.28. The monoisotopic (exact) mass is 252 g/mol. The van der Waals surface area contributed by atoms with E-state index in [0.717, 1.165) is 12.2 Å². The normalized spacial score (nSPS) is 10.1. The molecular weight excluding hydrogens is 232 g/mol. The fourth-order valence-corrected chi connectivity index (χ4v) is 1.87. The second-order valence-corrected chi connectivity index (χ2v) is 4.46. The van der Waals surface area contributed by atoms with Crippen LogP contribution in [0.15, 0.2) is 18.2 Å². The van der Waals surface area contributed by atoms with Crippen molar-refractivity contribution in [2.75, 3.05) is 32.2 Å². The van der Waals surface area contributed by atoms with Crippen LogP contribution >= 0.6 is 12.2 Å². The second-order valence-electron chi connectivity index (χ2n) is 4.07. The lowest BCUT2D eigenvalue weighted by atomic mass is 10.1. The second kappa shape index (κ2) is 6.57. The smallest absolute Gasteiger partial charge is 0.173 e. The molecule has 3 nitrogen and oxygen atoms in total. The zero-order chi connectivity index (χ0) is 12.8. The van der Waals surface area contributed by atoms with Gasteiger partial charge in [0.2, 0.25) is 0 Å². The van der Waals surface area contributed by atoms with E-state index >= 15 is 0 Å². The van der Waals surface area contributed by atoms with Crippen molar-refractivity contribution < 1.29 is 4.74 Å². The first-order valence-corrected chi connectivity index (χ1v) is 6.05.